The van der Waals surface area contributed by atoms with E-state index < -0.39 is 0 Å². The van der Waals surface area contributed by atoms with Gasteiger partial charge < -0.3 is 10.7 Å². The number of likely N-dealkylation sites (N-methyl/N-ethyl adjacent to an activating group) is 2. The highest BCUT2D eigenvalue weighted by Gasteiger charge is 2.06. The number of rotatable bonds is 5. The smallest absolute Gasteiger partial charge is 0.233 e. The second-order valence-electron chi connectivity index (χ2n) is 3.38. The van der Waals surface area contributed by atoms with Crippen molar-refractivity contribution in [1.29, 1.82) is 0 Å². The lowest BCUT2D eigenvalue weighted by Crippen LogP contribution is -2.32. The molecule has 1 aromatic heterocycles. The number of aromatic nitrogens is 2. The van der Waals surface area contributed by atoms with Crippen molar-refractivity contribution in [3.63, 3.8) is 0 Å². The second-order valence-corrected chi connectivity index (χ2v) is 3.38. The molecule has 0 saturated carbocycles. The standard InChI is InChI=1S/C9H16N6O/c1-11-9(16)6-15(2)5-7-3-13-8(14-10)4-12-7/h3-4H,5-6,10H2,1-2H3,(H,11,16)(H,13,14). The number of hydrazine groups is 1. The van der Waals surface area contributed by atoms with E-state index in [1.165, 1.54) is 0 Å². The molecule has 88 valence electrons. The van der Waals surface area contributed by atoms with E-state index in [4.69, 9.17) is 5.84 Å². The molecule has 0 spiro atoms. The van der Waals surface area contributed by atoms with Gasteiger partial charge in [-0.05, 0) is 7.05 Å². The van der Waals surface area contributed by atoms with Crippen molar-refractivity contribution in [2.45, 2.75) is 6.54 Å². The summed E-state index contributed by atoms with van der Waals surface area (Å²) >= 11 is 0. The summed E-state index contributed by atoms with van der Waals surface area (Å²) in [5.74, 6) is 5.65. The number of nitrogens with zero attached hydrogens (tertiary/aromatic N) is 3. The molecule has 0 unspecified atom stereocenters. The molecular formula is C9H16N6O. The lowest BCUT2D eigenvalue weighted by atomic mass is 10.4. The summed E-state index contributed by atoms with van der Waals surface area (Å²) in [5, 5.41) is 2.56. The Bertz CT molecular complexity index is 338. The van der Waals surface area contributed by atoms with Crippen LogP contribution in [-0.2, 0) is 11.3 Å². The Morgan fingerprint density at radius 1 is 1.50 bits per heavy atom. The van der Waals surface area contributed by atoms with Crippen LogP contribution in [0.2, 0.25) is 0 Å². The lowest BCUT2D eigenvalue weighted by Gasteiger charge is -2.14. The number of hydrogen-bond donors (Lipinski definition) is 3. The summed E-state index contributed by atoms with van der Waals surface area (Å²) in [7, 11) is 3.45. The van der Waals surface area contributed by atoms with Gasteiger partial charge in [0.05, 0.1) is 24.6 Å². The number of nitrogens with two attached hydrogens (primary N) is 1. The fourth-order valence-corrected chi connectivity index (χ4v) is 1.17. The Hall–Kier alpha value is -1.73. The fourth-order valence-electron chi connectivity index (χ4n) is 1.17. The quantitative estimate of drug-likeness (QED) is 0.436. The normalized spacial score (nSPS) is 10.2. The maximum atomic E-state index is 11.1. The van der Waals surface area contributed by atoms with Crippen LogP contribution in [0.1, 0.15) is 5.69 Å². The maximum Gasteiger partial charge on any atom is 0.233 e. The molecule has 0 aliphatic heterocycles. The number of carbonyl (C=O) groups is 1. The van der Waals surface area contributed by atoms with Gasteiger partial charge in [-0.2, -0.15) is 0 Å². The van der Waals surface area contributed by atoms with Crippen LogP contribution >= 0.6 is 0 Å². The van der Waals surface area contributed by atoms with Crippen LogP contribution in [0.25, 0.3) is 0 Å². The molecule has 0 atom stereocenters. The van der Waals surface area contributed by atoms with Crippen LogP contribution in [0.4, 0.5) is 5.82 Å². The van der Waals surface area contributed by atoms with E-state index in [2.05, 4.69) is 20.7 Å². The highest BCUT2D eigenvalue weighted by atomic mass is 16.1. The molecule has 1 rings (SSSR count). The first-order chi connectivity index (χ1) is 7.65. The van der Waals surface area contributed by atoms with Gasteiger partial charge in [0.1, 0.15) is 0 Å². The molecule has 0 aliphatic carbocycles. The minimum atomic E-state index is -0.0318. The van der Waals surface area contributed by atoms with Gasteiger partial charge in [-0.3, -0.25) is 14.7 Å². The third kappa shape index (κ3) is 3.79. The maximum absolute atomic E-state index is 11.1. The zero-order valence-corrected chi connectivity index (χ0v) is 9.40. The van der Waals surface area contributed by atoms with E-state index in [9.17, 15) is 4.79 Å². The summed E-state index contributed by atoms with van der Waals surface area (Å²) in [6.07, 6.45) is 3.17. The predicted octanol–water partition coefficient (Wildman–Crippen LogP) is -1.06. The first kappa shape index (κ1) is 12.3. The van der Waals surface area contributed by atoms with Crippen molar-refractivity contribution in [3.8, 4) is 0 Å². The van der Waals surface area contributed by atoms with Crippen LogP contribution < -0.4 is 16.6 Å². The number of nitrogen functional groups attached to an aromatic ring is 1. The highest BCUT2D eigenvalue weighted by Crippen LogP contribution is 2.01. The van der Waals surface area contributed by atoms with Gasteiger partial charge >= 0.3 is 0 Å². The summed E-state index contributed by atoms with van der Waals surface area (Å²) in [6, 6.07) is 0. The van der Waals surface area contributed by atoms with Crippen molar-refractivity contribution in [2.24, 2.45) is 5.84 Å². The lowest BCUT2D eigenvalue weighted by molar-refractivity contribution is -0.121. The molecule has 0 saturated heterocycles. The van der Waals surface area contributed by atoms with E-state index in [1.54, 1.807) is 19.4 Å². The van der Waals surface area contributed by atoms with E-state index in [-0.39, 0.29) is 5.91 Å². The van der Waals surface area contributed by atoms with Gasteiger partial charge in [-0.15, -0.1) is 0 Å². The zero-order chi connectivity index (χ0) is 12.0. The van der Waals surface area contributed by atoms with Crippen LogP contribution in [0.15, 0.2) is 12.4 Å². The van der Waals surface area contributed by atoms with Gasteiger partial charge in [-0.25, -0.2) is 10.8 Å². The van der Waals surface area contributed by atoms with Gasteiger partial charge in [-0.1, -0.05) is 0 Å². The van der Waals surface area contributed by atoms with Gasteiger partial charge in [0.2, 0.25) is 5.91 Å². The van der Waals surface area contributed by atoms with Crippen molar-refractivity contribution in [2.75, 3.05) is 26.1 Å². The van der Waals surface area contributed by atoms with Crippen LogP contribution in [0, 0.1) is 0 Å². The zero-order valence-electron chi connectivity index (χ0n) is 9.40. The molecule has 1 aromatic rings. The number of hydrogen-bond acceptors (Lipinski definition) is 6. The minimum Gasteiger partial charge on any atom is -0.358 e. The van der Waals surface area contributed by atoms with Crippen LogP contribution in [-0.4, -0.2) is 41.4 Å². The van der Waals surface area contributed by atoms with E-state index in [0.717, 1.165) is 5.69 Å². The molecule has 7 heteroatoms. The minimum absolute atomic E-state index is 0.0318. The average Bonchev–Trinajstić information content (AvgIpc) is 2.29. The van der Waals surface area contributed by atoms with Crippen LogP contribution in [0.5, 0.6) is 0 Å². The van der Waals surface area contributed by atoms with Gasteiger partial charge in [0, 0.05) is 13.6 Å². The molecule has 0 bridgehead atoms. The summed E-state index contributed by atoms with van der Waals surface area (Å²) in [5.41, 5.74) is 3.18. The highest BCUT2D eigenvalue weighted by molar-refractivity contribution is 5.77. The SMILES string of the molecule is CNC(=O)CN(C)Cc1cnc(NN)cn1. The third-order valence-electron chi connectivity index (χ3n) is 1.98. The van der Waals surface area contributed by atoms with Gasteiger partial charge in [0.25, 0.3) is 0 Å². The van der Waals surface area contributed by atoms with Crippen molar-refractivity contribution < 1.29 is 4.79 Å². The Balaban J connectivity index is 2.49. The Kier molecular flexibility index (Phi) is 4.62. The molecule has 1 amide bonds. The predicted molar refractivity (Wildman–Crippen MR) is 60.2 cm³/mol. The van der Waals surface area contributed by atoms with Crippen LogP contribution in [0.3, 0.4) is 0 Å². The molecule has 0 fully saturated rings. The van der Waals surface area contributed by atoms with E-state index in [0.29, 0.717) is 18.9 Å². The second kappa shape index (κ2) is 5.99. The summed E-state index contributed by atoms with van der Waals surface area (Å²) < 4.78 is 0. The molecular weight excluding hydrogens is 208 g/mol. The Labute approximate surface area is 94.0 Å². The molecule has 0 aliphatic rings. The molecule has 0 radical (unpaired) electrons. The number of carbonyl (C=O) groups excluding carboxylic acids is 1. The molecule has 4 N–H and O–H groups in total. The topological polar surface area (TPSA) is 96.2 Å². The molecule has 1 heterocycles. The van der Waals surface area contributed by atoms with E-state index in [1.807, 2.05) is 11.9 Å². The summed E-state index contributed by atoms with van der Waals surface area (Å²) in [4.78, 5) is 21.1. The largest absolute Gasteiger partial charge is 0.358 e. The molecule has 0 aromatic carbocycles. The first-order valence-corrected chi connectivity index (χ1v) is 4.82. The monoisotopic (exact) mass is 224 g/mol. The van der Waals surface area contributed by atoms with Crippen molar-refractivity contribution in [3.05, 3.63) is 18.1 Å². The number of amides is 1. The van der Waals surface area contributed by atoms with E-state index >= 15 is 0 Å². The summed E-state index contributed by atoms with van der Waals surface area (Å²) in [6.45, 7) is 0.889. The fraction of sp³-hybridized carbons (Fsp3) is 0.444. The molecule has 16 heavy (non-hydrogen) atoms. The first-order valence-electron chi connectivity index (χ1n) is 4.82. The van der Waals surface area contributed by atoms with Gasteiger partial charge in [0.15, 0.2) is 5.82 Å². The Morgan fingerprint density at radius 2 is 2.25 bits per heavy atom. The van der Waals surface area contributed by atoms with Crippen molar-refractivity contribution >= 4 is 11.7 Å². The van der Waals surface area contributed by atoms with Crippen molar-refractivity contribution in [1.82, 2.24) is 20.2 Å². The molecule has 7 nitrogen and oxygen atoms in total. The Morgan fingerprint density at radius 3 is 2.75 bits per heavy atom. The number of anilines is 1. The average molecular weight is 224 g/mol. The number of nitrogens with one attached hydrogen (secondary N) is 2. The third-order valence-corrected chi connectivity index (χ3v) is 1.98.